The summed E-state index contributed by atoms with van der Waals surface area (Å²) in [5, 5.41) is 4.10. The minimum atomic E-state index is -0.365. The number of hydrogen-bond donors (Lipinski definition) is 1. The lowest BCUT2D eigenvalue weighted by atomic mass is 10.1. The van der Waals surface area contributed by atoms with Gasteiger partial charge in [-0.1, -0.05) is 23.2 Å². The van der Waals surface area contributed by atoms with Crippen LogP contribution in [0.2, 0.25) is 10.0 Å². The highest BCUT2D eigenvalue weighted by Gasteiger charge is 2.09. The zero-order valence-corrected chi connectivity index (χ0v) is 19.3. The molecule has 0 atom stereocenters. The highest BCUT2D eigenvalue weighted by Crippen LogP contribution is 2.26. The van der Waals surface area contributed by atoms with E-state index in [1.165, 1.54) is 0 Å². The summed E-state index contributed by atoms with van der Waals surface area (Å²) < 4.78 is 11.0. The molecule has 166 valence electrons. The molecule has 0 heterocycles. The van der Waals surface area contributed by atoms with Crippen LogP contribution in [0.5, 0.6) is 11.5 Å². The number of benzene rings is 3. The van der Waals surface area contributed by atoms with E-state index >= 15 is 0 Å². The molecule has 5 nitrogen and oxygen atoms in total. The number of rotatable bonds is 8. The van der Waals surface area contributed by atoms with Gasteiger partial charge in [-0.25, -0.2) is 0 Å². The van der Waals surface area contributed by atoms with Gasteiger partial charge in [-0.2, -0.15) is 0 Å². The Bertz CT molecular complexity index is 1070. The smallest absolute Gasteiger partial charge is 0.311 e. The molecule has 0 aliphatic rings. The Hall–Kier alpha value is -3.02. The van der Waals surface area contributed by atoms with E-state index < -0.39 is 0 Å². The van der Waals surface area contributed by atoms with Crippen molar-refractivity contribution in [3.8, 4) is 11.5 Å². The van der Waals surface area contributed by atoms with E-state index in [4.69, 9.17) is 32.7 Å². The maximum atomic E-state index is 12.3. The zero-order chi connectivity index (χ0) is 23.1. The van der Waals surface area contributed by atoms with Crippen LogP contribution in [0.1, 0.15) is 34.3 Å². The van der Waals surface area contributed by atoms with Crippen molar-refractivity contribution in [3.63, 3.8) is 0 Å². The van der Waals surface area contributed by atoms with Crippen LogP contribution >= 0.6 is 23.2 Å². The Morgan fingerprint density at radius 1 is 0.875 bits per heavy atom. The number of hydrogen-bond acceptors (Lipinski definition) is 4. The third-order valence-corrected chi connectivity index (χ3v) is 5.50. The lowest BCUT2D eigenvalue weighted by Gasteiger charge is -2.10. The Balaban J connectivity index is 1.43. The molecule has 0 radical (unpaired) electrons. The zero-order valence-electron chi connectivity index (χ0n) is 17.8. The van der Waals surface area contributed by atoms with Crippen LogP contribution < -0.4 is 14.8 Å². The predicted octanol–water partition coefficient (Wildman–Crippen LogP) is 6.63. The van der Waals surface area contributed by atoms with E-state index in [9.17, 15) is 9.59 Å². The molecule has 3 aromatic rings. The average molecular weight is 472 g/mol. The van der Waals surface area contributed by atoms with Crippen molar-refractivity contribution in [3.05, 3.63) is 87.4 Å². The molecule has 0 unspecified atom stereocenters. The molecule has 3 aromatic carbocycles. The number of esters is 1. The molecule has 0 saturated carbocycles. The van der Waals surface area contributed by atoms with Crippen molar-refractivity contribution in [2.24, 2.45) is 0 Å². The summed E-state index contributed by atoms with van der Waals surface area (Å²) in [6, 6.07) is 16.9. The minimum Gasteiger partial charge on any atom is -0.494 e. The molecule has 1 N–H and O–H groups in total. The fourth-order valence-corrected chi connectivity index (χ4v) is 3.22. The van der Waals surface area contributed by atoms with E-state index in [0.717, 1.165) is 21.9 Å². The first kappa shape index (κ1) is 23.6. The Kier molecular flexibility index (Phi) is 8.14. The first-order valence-corrected chi connectivity index (χ1v) is 10.8. The van der Waals surface area contributed by atoms with Crippen LogP contribution in [-0.4, -0.2) is 18.5 Å². The molecule has 0 spiro atoms. The van der Waals surface area contributed by atoms with Gasteiger partial charge < -0.3 is 14.8 Å². The highest BCUT2D eigenvalue weighted by molar-refractivity contribution is 6.32. The van der Waals surface area contributed by atoms with E-state index in [2.05, 4.69) is 5.32 Å². The number of nitrogens with one attached hydrogen (secondary N) is 1. The van der Waals surface area contributed by atoms with Crippen LogP contribution in [0, 0.1) is 13.8 Å². The topological polar surface area (TPSA) is 64.6 Å². The van der Waals surface area contributed by atoms with Crippen LogP contribution in [0.3, 0.4) is 0 Å². The lowest BCUT2D eigenvalue weighted by molar-refractivity contribution is -0.134. The van der Waals surface area contributed by atoms with Crippen molar-refractivity contribution >= 4 is 40.8 Å². The van der Waals surface area contributed by atoms with E-state index in [1.54, 1.807) is 48.5 Å². The first-order valence-electron chi connectivity index (χ1n) is 10.1. The maximum Gasteiger partial charge on any atom is 0.311 e. The predicted molar refractivity (Wildman–Crippen MR) is 127 cm³/mol. The van der Waals surface area contributed by atoms with Gasteiger partial charge in [0.05, 0.1) is 6.61 Å². The molecule has 7 heteroatoms. The Morgan fingerprint density at radius 2 is 1.50 bits per heavy atom. The standard InChI is InChI=1S/C25H23Cl2NO4/c1-16-14-22(15-17(2)24(16)27)31-13-3-4-23(29)32-21-11-5-18(6-12-21)25(30)28-20-9-7-19(26)8-10-20/h5-12,14-15H,3-4,13H2,1-2H3,(H,28,30). The molecule has 32 heavy (non-hydrogen) atoms. The third-order valence-electron chi connectivity index (χ3n) is 4.65. The summed E-state index contributed by atoms with van der Waals surface area (Å²) >= 11 is 12.0. The number of carbonyl (C=O) groups is 2. The van der Waals surface area contributed by atoms with Gasteiger partial charge in [0.1, 0.15) is 11.5 Å². The Morgan fingerprint density at radius 3 is 2.12 bits per heavy atom. The normalized spacial score (nSPS) is 10.5. The highest BCUT2D eigenvalue weighted by atomic mass is 35.5. The molecule has 1 amide bonds. The first-order chi connectivity index (χ1) is 15.3. The summed E-state index contributed by atoms with van der Waals surface area (Å²) in [6.45, 7) is 4.23. The molecule has 0 fully saturated rings. The van der Waals surface area contributed by atoms with Gasteiger partial charge >= 0.3 is 5.97 Å². The van der Waals surface area contributed by atoms with E-state index in [-0.39, 0.29) is 18.3 Å². The number of halogens is 2. The van der Waals surface area contributed by atoms with Crippen LogP contribution in [-0.2, 0) is 4.79 Å². The molecule has 0 aliphatic carbocycles. The van der Waals surface area contributed by atoms with Crippen molar-refractivity contribution < 1.29 is 19.1 Å². The fraction of sp³-hybridized carbons (Fsp3) is 0.200. The molecular formula is C25H23Cl2NO4. The van der Waals surface area contributed by atoms with E-state index in [1.807, 2.05) is 26.0 Å². The minimum absolute atomic E-state index is 0.213. The van der Waals surface area contributed by atoms with Gasteiger partial charge in [0.25, 0.3) is 5.91 Å². The number of anilines is 1. The molecule has 0 aliphatic heterocycles. The summed E-state index contributed by atoms with van der Waals surface area (Å²) in [4.78, 5) is 24.4. The molecular weight excluding hydrogens is 449 g/mol. The molecule has 0 saturated heterocycles. The second kappa shape index (κ2) is 11.0. The van der Waals surface area contributed by atoms with Gasteiger partial charge in [0.2, 0.25) is 0 Å². The largest absolute Gasteiger partial charge is 0.494 e. The molecule has 0 aromatic heterocycles. The second-order valence-electron chi connectivity index (χ2n) is 7.28. The SMILES string of the molecule is Cc1cc(OCCCC(=O)Oc2ccc(C(=O)Nc3ccc(Cl)cc3)cc2)cc(C)c1Cl. The van der Waals surface area contributed by atoms with Gasteiger partial charge in [-0.3, -0.25) is 9.59 Å². The van der Waals surface area contributed by atoms with Crippen LogP contribution in [0.25, 0.3) is 0 Å². The van der Waals surface area contributed by atoms with Crippen LogP contribution in [0.15, 0.2) is 60.7 Å². The van der Waals surface area contributed by atoms with Gasteiger partial charge in [-0.15, -0.1) is 0 Å². The van der Waals surface area contributed by atoms with Crippen molar-refractivity contribution in [1.29, 1.82) is 0 Å². The summed E-state index contributed by atoms with van der Waals surface area (Å²) in [5.74, 6) is 0.471. The lowest BCUT2D eigenvalue weighted by Crippen LogP contribution is -2.12. The van der Waals surface area contributed by atoms with Crippen molar-refractivity contribution in [2.75, 3.05) is 11.9 Å². The average Bonchev–Trinajstić information content (AvgIpc) is 2.77. The van der Waals surface area contributed by atoms with Gasteiger partial charge in [0.15, 0.2) is 0 Å². The quantitative estimate of drug-likeness (QED) is 0.227. The third kappa shape index (κ3) is 6.74. The number of amides is 1. The number of carbonyl (C=O) groups excluding carboxylic acids is 2. The summed E-state index contributed by atoms with van der Waals surface area (Å²) in [7, 11) is 0. The number of ether oxygens (including phenoxy) is 2. The molecule has 0 bridgehead atoms. The van der Waals surface area contributed by atoms with Crippen molar-refractivity contribution in [2.45, 2.75) is 26.7 Å². The summed E-state index contributed by atoms with van der Waals surface area (Å²) in [5.41, 5.74) is 2.99. The van der Waals surface area contributed by atoms with Crippen molar-refractivity contribution in [1.82, 2.24) is 0 Å². The van der Waals surface area contributed by atoms with E-state index in [0.29, 0.717) is 35.1 Å². The monoisotopic (exact) mass is 471 g/mol. The Labute approximate surface area is 197 Å². The molecule has 3 rings (SSSR count). The summed E-state index contributed by atoms with van der Waals surface area (Å²) in [6.07, 6.45) is 0.728. The number of aryl methyl sites for hydroxylation is 2. The van der Waals surface area contributed by atoms with Crippen LogP contribution in [0.4, 0.5) is 5.69 Å². The fourth-order valence-electron chi connectivity index (χ4n) is 2.99. The van der Waals surface area contributed by atoms with Gasteiger partial charge in [0, 0.05) is 27.7 Å². The second-order valence-corrected chi connectivity index (χ2v) is 8.10. The maximum absolute atomic E-state index is 12.3. The van der Waals surface area contributed by atoms with Gasteiger partial charge in [-0.05, 0) is 92.1 Å².